The Morgan fingerprint density at radius 3 is 2.36 bits per heavy atom. The highest BCUT2D eigenvalue weighted by Crippen LogP contribution is 2.22. The second kappa shape index (κ2) is 9.86. The van der Waals surface area contributed by atoms with Crippen LogP contribution in [0.1, 0.15) is 12.0 Å². The topological polar surface area (TPSA) is 69.7 Å². The van der Waals surface area contributed by atoms with Crippen molar-refractivity contribution in [3.63, 3.8) is 0 Å². The fraction of sp³-hybridized carbons (Fsp3) is 0.316. The maximum absolute atomic E-state index is 14.1. The number of benzene rings is 2. The first kappa shape index (κ1) is 22.1. The Morgan fingerprint density at radius 2 is 1.75 bits per heavy atom. The van der Waals surface area contributed by atoms with Crippen molar-refractivity contribution in [3.05, 3.63) is 64.9 Å². The van der Waals surface area contributed by atoms with Crippen LogP contribution < -0.4 is 9.62 Å². The quantitative estimate of drug-likeness (QED) is 0.625. The van der Waals surface area contributed by atoms with Gasteiger partial charge < -0.3 is 5.32 Å². The summed E-state index contributed by atoms with van der Waals surface area (Å²) < 4.78 is 41.0. The Hall–Kier alpha value is -2.16. The highest BCUT2D eigenvalue weighted by molar-refractivity contribution is 7.90. The van der Waals surface area contributed by atoms with E-state index >= 15 is 0 Å². The number of anilines is 1. The maximum Gasteiger partial charge on any atom is 0.304 e. The fourth-order valence-electron chi connectivity index (χ4n) is 2.50. The predicted octanol–water partition coefficient (Wildman–Crippen LogP) is 2.84. The number of nitrogens with zero attached hydrogens (tertiary/aromatic N) is 2. The summed E-state index contributed by atoms with van der Waals surface area (Å²) in [6.07, 6.45) is 1.41. The van der Waals surface area contributed by atoms with E-state index < -0.39 is 28.5 Å². The van der Waals surface area contributed by atoms with Crippen molar-refractivity contribution in [3.8, 4) is 0 Å². The zero-order valence-corrected chi connectivity index (χ0v) is 17.3. The largest absolute Gasteiger partial charge is 0.355 e. The Balaban J connectivity index is 1.98. The van der Waals surface area contributed by atoms with E-state index in [1.165, 1.54) is 32.3 Å². The van der Waals surface area contributed by atoms with Crippen LogP contribution in [0, 0.1) is 5.82 Å². The van der Waals surface area contributed by atoms with E-state index in [4.69, 9.17) is 11.6 Å². The number of aryl methyl sites for hydroxylation is 1. The number of para-hydroxylation sites is 1. The summed E-state index contributed by atoms with van der Waals surface area (Å²) in [4.78, 5) is 12.3. The van der Waals surface area contributed by atoms with Crippen molar-refractivity contribution in [2.24, 2.45) is 0 Å². The summed E-state index contributed by atoms with van der Waals surface area (Å²) in [5.41, 5.74) is 0.911. The summed E-state index contributed by atoms with van der Waals surface area (Å²) in [6.45, 7) is -0.142. The second-order valence-electron chi connectivity index (χ2n) is 6.33. The Morgan fingerprint density at radius 1 is 1.11 bits per heavy atom. The van der Waals surface area contributed by atoms with Crippen LogP contribution in [0.5, 0.6) is 0 Å². The predicted molar refractivity (Wildman–Crippen MR) is 109 cm³/mol. The van der Waals surface area contributed by atoms with Crippen LogP contribution in [0.15, 0.2) is 48.5 Å². The molecule has 0 heterocycles. The minimum absolute atomic E-state index is 0.174. The van der Waals surface area contributed by atoms with Gasteiger partial charge in [0.2, 0.25) is 5.91 Å². The van der Waals surface area contributed by atoms with Gasteiger partial charge >= 0.3 is 10.2 Å². The molecule has 0 unspecified atom stereocenters. The molecule has 0 aliphatic heterocycles. The van der Waals surface area contributed by atoms with Crippen LogP contribution in [0.2, 0.25) is 5.02 Å². The molecule has 0 bridgehead atoms. The Kier molecular flexibility index (Phi) is 7.79. The van der Waals surface area contributed by atoms with Gasteiger partial charge in [-0.2, -0.15) is 12.7 Å². The molecule has 2 aromatic rings. The van der Waals surface area contributed by atoms with Gasteiger partial charge in [0.25, 0.3) is 0 Å². The van der Waals surface area contributed by atoms with Gasteiger partial charge in [-0.15, -0.1) is 0 Å². The lowest BCUT2D eigenvalue weighted by Gasteiger charge is -2.27. The SMILES string of the molecule is CN(C)S(=O)(=O)N(CC(=O)NCCCc1ccc(Cl)cc1)c1ccccc1F. The van der Waals surface area contributed by atoms with Crippen molar-refractivity contribution >= 4 is 33.4 Å². The van der Waals surface area contributed by atoms with Crippen LogP contribution in [0.4, 0.5) is 10.1 Å². The molecule has 0 atom stereocenters. The van der Waals surface area contributed by atoms with Crippen molar-refractivity contribution in [1.82, 2.24) is 9.62 Å². The molecule has 0 saturated heterocycles. The van der Waals surface area contributed by atoms with Crippen molar-refractivity contribution in [2.75, 3.05) is 31.5 Å². The molecule has 6 nitrogen and oxygen atoms in total. The molecule has 0 aliphatic carbocycles. The highest BCUT2D eigenvalue weighted by atomic mass is 35.5. The van der Waals surface area contributed by atoms with Gasteiger partial charge in [0.05, 0.1) is 5.69 Å². The molecule has 0 saturated carbocycles. The number of carbonyl (C=O) groups is 1. The molecule has 0 aromatic heterocycles. The average Bonchev–Trinajstić information content (AvgIpc) is 2.65. The Bertz CT molecular complexity index is 905. The number of carbonyl (C=O) groups excluding carboxylic acids is 1. The monoisotopic (exact) mass is 427 g/mol. The van der Waals surface area contributed by atoms with Gasteiger partial charge in [-0.1, -0.05) is 35.9 Å². The van der Waals surface area contributed by atoms with Crippen LogP contribution >= 0.6 is 11.6 Å². The third-order valence-electron chi connectivity index (χ3n) is 4.03. The molecule has 28 heavy (non-hydrogen) atoms. The van der Waals surface area contributed by atoms with Crippen LogP contribution in [-0.4, -0.2) is 45.8 Å². The average molecular weight is 428 g/mol. The van der Waals surface area contributed by atoms with E-state index in [0.717, 1.165) is 26.7 Å². The minimum atomic E-state index is -4.03. The molecule has 9 heteroatoms. The molecule has 0 radical (unpaired) electrons. The minimum Gasteiger partial charge on any atom is -0.355 e. The van der Waals surface area contributed by atoms with E-state index in [9.17, 15) is 17.6 Å². The van der Waals surface area contributed by atoms with Gasteiger partial charge in [0, 0.05) is 25.7 Å². The molecular weight excluding hydrogens is 405 g/mol. The summed E-state index contributed by atoms with van der Waals surface area (Å²) in [6, 6.07) is 12.9. The number of amides is 1. The first-order valence-corrected chi connectivity index (χ1v) is 10.4. The summed E-state index contributed by atoms with van der Waals surface area (Å²) in [7, 11) is -1.38. The number of nitrogens with one attached hydrogen (secondary N) is 1. The molecular formula is C19H23ClFN3O3S. The smallest absolute Gasteiger partial charge is 0.304 e. The number of hydrogen-bond donors (Lipinski definition) is 1. The Labute approximate surface area is 170 Å². The molecule has 2 rings (SSSR count). The van der Waals surface area contributed by atoms with Crippen LogP contribution in [-0.2, 0) is 21.4 Å². The maximum atomic E-state index is 14.1. The normalized spacial score (nSPS) is 11.5. The van der Waals surface area contributed by atoms with Gasteiger partial charge in [0.15, 0.2) is 0 Å². The first-order chi connectivity index (χ1) is 13.2. The second-order valence-corrected chi connectivity index (χ2v) is 8.83. The number of rotatable bonds is 9. The first-order valence-electron chi connectivity index (χ1n) is 8.67. The molecule has 0 fully saturated rings. The van der Waals surface area contributed by atoms with E-state index in [-0.39, 0.29) is 5.69 Å². The number of halogens is 2. The van der Waals surface area contributed by atoms with Crippen molar-refractivity contribution in [1.29, 1.82) is 0 Å². The molecule has 1 N–H and O–H groups in total. The third-order valence-corrected chi connectivity index (χ3v) is 6.08. The summed E-state index contributed by atoms with van der Waals surface area (Å²) in [5, 5.41) is 3.34. The molecule has 2 aromatic carbocycles. The van der Waals surface area contributed by atoms with Crippen LogP contribution in [0.25, 0.3) is 0 Å². The lowest BCUT2D eigenvalue weighted by molar-refractivity contribution is -0.119. The van der Waals surface area contributed by atoms with Gasteiger partial charge in [-0.05, 0) is 42.7 Å². The zero-order chi connectivity index (χ0) is 20.7. The van der Waals surface area contributed by atoms with E-state index in [0.29, 0.717) is 18.0 Å². The molecule has 152 valence electrons. The standard InChI is InChI=1S/C19H23ClFN3O3S/c1-23(2)28(26,27)24(18-8-4-3-7-17(18)21)14-19(25)22-13-5-6-15-9-11-16(20)12-10-15/h3-4,7-12H,5-6,13-14H2,1-2H3,(H,22,25). The molecule has 0 aliphatic rings. The zero-order valence-electron chi connectivity index (χ0n) is 15.7. The third kappa shape index (κ3) is 5.92. The lowest BCUT2D eigenvalue weighted by Crippen LogP contribution is -2.46. The summed E-state index contributed by atoms with van der Waals surface area (Å²) in [5.74, 6) is -1.23. The van der Waals surface area contributed by atoms with Crippen molar-refractivity contribution < 1.29 is 17.6 Å². The van der Waals surface area contributed by atoms with E-state index in [1.54, 1.807) is 12.1 Å². The van der Waals surface area contributed by atoms with Gasteiger partial charge in [-0.3, -0.25) is 4.79 Å². The molecule has 0 spiro atoms. The number of hydrogen-bond acceptors (Lipinski definition) is 3. The highest BCUT2D eigenvalue weighted by Gasteiger charge is 2.29. The fourth-order valence-corrected chi connectivity index (χ4v) is 3.70. The van der Waals surface area contributed by atoms with Gasteiger partial charge in [0.1, 0.15) is 12.4 Å². The van der Waals surface area contributed by atoms with Crippen LogP contribution in [0.3, 0.4) is 0 Å². The lowest BCUT2D eigenvalue weighted by atomic mass is 10.1. The summed E-state index contributed by atoms with van der Waals surface area (Å²) >= 11 is 5.84. The van der Waals surface area contributed by atoms with Gasteiger partial charge in [-0.25, -0.2) is 8.70 Å². The van der Waals surface area contributed by atoms with E-state index in [1.807, 2.05) is 12.1 Å². The van der Waals surface area contributed by atoms with E-state index in [2.05, 4.69) is 5.32 Å². The van der Waals surface area contributed by atoms with Crippen molar-refractivity contribution in [2.45, 2.75) is 12.8 Å². The molecule has 1 amide bonds.